The van der Waals surface area contributed by atoms with Crippen LogP contribution in [0.3, 0.4) is 0 Å². The van der Waals surface area contributed by atoms with Crippen molar-refractivity contribution in [1.29, 1.82) is 0 Å². The fraction of sp³-hybridized carbons (Fsp3) is 0.562. The number of hydrogen-bond acceptors (Lipinski definition) is 3. The molecule has 2 rings (SSSR count). The van der Waals surface area contributed by atoms with Gasteiger partial charge in [-0.25, -0.2) is 0 Å². The summed E-state index contributed by atoms with van der Waals surface area (Å²) in [4.78, 5) is 18.5. The lowest BCUT2D eigenvalue weighted by Gasteiger charge is -2.39. The summed E-state index contributed by atoms with van der Waals surface area (Å²) in [5.41, 5.74) is 1.36. The molecule has 0 N–H and O–H groups in total. The number of rotatable bonds is 4. The zero-order valence-electron chi connectivity index (χ0n) is 12.7. The molecule has 1 aromatic carbocycles. The predicted octanol–water partition coefficient (Wildman–Crippen LogP) is 0.933. The van der Waals surface area contributed by atoms with E-state index in [1.807, 2.05) is 27.2 Å². The van der Waals surface area contributed by atoms with Crippen LogP contribution in [-0.4, -0.2) is 74.0 Å². The maximum atomic E-state index is 12.2. The maximum Gasteiger partial charge on any atom is 0.240 e. The second-order valence-electron chi connectivity index (χ2n) is 5.77. The van der Waals surface area contributed by atoms with Crippen molar-refractivity contribution >= 4 is 5.91 Å². The Morgan fingerprint density at radius 1 is 1.25 bits per heavy atom. The molecule has 1 aliphatic rings. The van der Waals surface area contributed by atoms with Crippen molar-refractivity contribution in [2.24, 2.45) is 0 Å². The standard InChI is InChI=1S/C16H25N3O/c1-17(2)16(20)15-13-19(12-11-18(15)3)10-9-14-7-5-4-6-8-14/h4-8,15H,9-13H2,1-3H3. The van der Waals surface area contributed by atoms with Crippen LogP contribution in [0.2, 0.25) is 0 Å². The van der Waals surface area contributed by atoms with E-state index in [9.17, 15) is 4.79 Å². The van der Waals surface area contributed by atoms with Crippen molar-refractivity contribution in [3.63, 3.8) is 0 Å². The van der Waals surface area contributed by atoms with Crippen LogP contribution in [0.25, 0.3) is 0 Å². The number of carbonyl (C=O) groups excluding carboxylic acids is 1. The summed E-state index contributed by atoms with van der Waals surface area (Å²) >= 11 is 0. The number of likely N-dealkylation sites (N-methyl/N-ethyl adjacent to an activating group) is 2. The van der Waals surface area contributed by atoms with Crippen LogP contribution >= 0.6 is 0 Å². The van der Waals surface area contributed by atoms with E-state index in [0.29, 0.717) is 0 Å². The molecule has 0 bridgehead atoms. The molecule has 1 aromatic rings. The van der Waals surface area contributed by atoms with Crippen LogP contribution in [0.15, 0.2) is 30.3 Å². The molecule has 0 radical (unpaired) electrons. The molecule has 1 unspecified atom stereocenters. The highest BCUT2D eigenvalue weighted by atomic mass is 16.2. The van der Waals surface area contributed by atoms with Gasteiger partial charge in [0.15, 0.2) is 0 Å². The molecule has 0 saturated carbocycles. The SMILES string of the molecule is CN(C)C(=O)C1CN(CCc2ccccc2)CCN1C. The molecule has 1 saturated heterocycles. The Labute approximate surface area is 122 Å². The van der Waals surface area contributed by atoms with E-state index >= 15 is 0 Å². The molecule has 4 heteroatoms. The second-order valence-corrected chi connectivity index (χ2v) is 5.77. The first-order valence-corrected chi connectivity index (χ1v) is 7.25. The van der Waals surface area contributed by atoms with Crippen molar-refractivity contribution in [2.75, 3.05) is 47.3 Å². The lowest BCUT2D eigenvalue weighted by atomic mass is 10.1. The Bertz CT molecular complexity index is 433. The van der Waals surface area contributed by atoms with Crippen LogP contribution < -0.4 is 0 Å². The van der Waals surface area contributed by atoms with Crippen LogP contribution in [0, 0.1) is 0 Å². The summed E-state index contributed by atoms with van der Waals surface area (Å²) in [7, 11) is 5.71. The first-order chi connectivity index (χ1) is 9.58. The number of nitrogens with zero attached hydrogens (tertiary/aromatic N) is 3. The molecule has 1 aliphatic heterocycles. The summed E-state index contributed by atoms with van der Waals surface area (Å²) in [6, 6.07) is 10.5. The summed E-state index contributed by atoms with van der Waals surface area (Å²) in [6.07, 6.45) is 1.05. The fourth-order valence-electron chi connectivity index (χ4n) is 2.63. The molecule has 1 heterocycles. The van der Waals surface area contributed by atoms with Gasteiger partial charge in [0.1, 0.15) is 6.04 Å². The van der Waals surface area contributed by atoms with Gasteiger partial charge >= 0.3 is 0 Å². The molecule has 0 aromatic heterocycles. The van der Waals surface area contributed by atoms with Gasteiger partial charge in [-0.15, -0.1) is 0 Å². The number of benzene rings is 1. The van der Waals surface area contributed by atoms with E-state index in [0.717, 1.165) is 32.6 Å². The molecule has 0 spiro atoms. The number of hydrogen-bond donors (Lipinski definition) is 0. The lowest BCUT2D eigenvalue weighted by molar-refractivity contribution is -0.136. The first kappa shape index (κ1) is 15.0. The van der Waals surface area contributed by atoms with Gasteiger partial charge < -0.3 is 4.90 Å². The van der Waals surface area contributed by atoms with Crippen molar-refractivity contribution in [3.05, 3.63) is 35.9 Å². The Morgan fingerprint density at radius 3 is 2.60 bits per heavy atom. The van der Waals surface area contributed by atoms with E-state index in [2.05, 4.69) is 34.1 Å². The molecular weight excluding hydrogens is 250 g/mol. The maximum absolute atomic E-state index is 12.2. The number of piperazine rings is 1. The van der Waals surface area contributed by atoms with Gasteiger partial charge in [-0.1, -0.05) is 30.3 Å². The Morgan fingerprint density at radius 2 is 1.95 bits per heavy atom. The van der Waals surface area contributed by atoms with Gasteiger partial charge in [0.25, 0.3) is 0 Å². The molecule has 0 aliphatic carbocycles. The molecule has 1 atom stereocenters. The smallest absolute Gasteiger partial charge is 0.240 e. The van der Waals surface area contributed by atoms with E-state index in [-0.39, 0.29) is 11.9 Å². The Kier molecular flexibility index (Phi) is 5.15. The largest absolute Gasteiger partial charge is 0.347 e. The summed E-state index contributed by atoms with van der Waals surface area (Å²) in [5, 5.41) is 0. The summed E-state index contributed by atoms with van der Waals surface area (Å²) in [5.74, 6) is 0.205. The summed E-state index contributed by atoms with van der Waals surface area (Å²) < 4.78 is 0. The average molecular weight is 275 g/mol. The minimum Gasteiger partial charge on any atom is -0.347 e. The molecule has 1 amide bonds. The van der Waals surface area contributed by atoms with E-state index in [1.54, 1.807) is 4.90 Å². The zero-order chi connectivity index (χ0) is 14.5. The van der Waals surface area contributed by atoms with Gasteiger partial charge in [-0.3, -0.25) is 14.6 Å². The Balaban J connectivity index is 1.89. The zero-order valence-corrected chi connectivity index (χ0v) is 12.7. The van der Waals surface area contributed by atoms with Crippen molar-refractivity contribution in [2.45, 2.75) is 12.5 Å². The minimum absolute atomic E-state index is 0.00507. The molecular formula is C16H25N3O. The third-order valence-electron chi connectivity index (χ3n) is 4.02. The van der Waals surface area contributed by atoms with Crippen LogP contribution in [0.4, 0.5) is 0 Å². The highest BCUT2D eigenvalue weighted by molar-refractivity contribution is 5.81. The van der Waals surface area contributed by atoms with Crippen molar-refractivity contribution in [3.8, 4) is 0 Å². The van der Waals surface area contributed by atoms with E-state index in [4.69, 9.17) is 0 Å². The highest BCUT2D eigenvalue weighted by Crippen LogP contribution is 2.11. The van der Waals surface area contributed by atoms with Gasteiger partial charge in [-0.2, -0.15) is 0 Å². The monoisotopic (exact) mass is 275 g/mol. The fourth-order valence-corrected chi connectivity index (χ4v) is 2.63. The number of carbonyl (C=O) groups is 1. The third kappa shape index (κ3) is 3.81. The van der Waals surface area contributed by atoms with Crippen LogP contribution in [0.1, 0.15) is 5.56 Å². The number of amides is 1. The average Bonchev–Trinajstić information content (AvgIpc) is 2.46. The van der Waals surface area contributed by atoms with Gasteiger partial charge in [-0.05, 0) is 19.0 Å². The topological polar surface area (TPSA) is 26.8 Å². The van der Waals surface area contributed by atoms with Crippen LogP contribution in [0.5, 0.6) is 0 Å². The quantitative estimate of drug-likeness (QED) is 0.818. The molecule has 20 heavy (non-hydrogen) atoms. The van der Waals surface area contributed by atoms with Crippen molar-refractivity contribution < 1.29 is 4.79 Å². The molecule has 4 nitrogen and oxygen atoms in total. The third-order valence-corrected chi connectivity index (χ3v) is 4.02. The van der Waals surface area contributed by atoms with Gasteiger partial charge in [0.2, 0.25) is 5.91 Å². The summed E-state index contributed by atoms with van der Waals surface area (Å²) in [6.45, 7) is 3.86. The second kappa shape index (κ2) is 6.86. The van der Waals surface area contributed by atoms with E-state index < -0.39 is 0 Å². The first-order valence-electron chi connectivity index (χ1n) is 7.25. The van der Waals surface area contributed by atoms with E-state index in [1.165, 1.54) is 5.56 Å². The van der Waals surface area contributed by atoms with Crippen LogP contribution in [-0.2, 0) is 11.2 Å². The highest BCUT2D eigenvalue weighted by Gasteiger charge is 2.30. The van der Waals surface area contributed by atoms with Crippen molar-refractivity contribution in [1.82, 2.24) is 14.7 Å². The molecule has 1 fully saturated rings. The molecule has 110 valence electrons. The Hall–Kier alpha value is -1.39. The minimum atomic E-state index is -0.00507. The normalized spacial score (nSPS) is 20.9. The van der Waals surface area contributed by atoms with Gasteiger partial charge in [0.05, 0.1) is 0 Å². The lowest BCUT2D eigenvalue weighted by Crippen LogP contribution is -2.57. The predicted molar refractivity (Wildman–Crippen MR) is 81.7 cm³/mol. The van der Waals surface area contributed by atoms with Gasteiger partial charge in [0, 0.05) is 40.3 Å².